The summed E-state index contributed by atoms with van der Waals surface area (Å²) >= 11 is 0. The molecule has 0 spiro atoms. The molecule has 0 N–H and O–H groups in total. The van der Waals surface area contributed by atoms with Crippen molar-refractivity contribution in [3.05, 3.63) is 53.6 Å². The van der Waals surface area contributed by atoms with Gasteiger partial charge in [0.05, 0.1) is 11.0 Å². The van der Waals surface area contributed by atoms with Crippen molar-refractivity contribution in [3.63, 3.8) is 0 Å². The minimum absolute atomic E-state index is 1.07. The van der Waals surface area contributed by atoms with Crippen LogP contribution in [0, 0.1) is 0 Å². The quantitative estimate of drug-likeness (QED) is 0.595. The zero-order valence-corrected chi connectivity index (χ0v) is 10.9. The van der Waals surface area contributed by atoms with Gasteiger partial charge in [0.25, 0.3) is 0 Å². The third-order valence-corrected chi connectivity index (χ3v) is 3.55. The SMILES string of the molecule is CCc1ccc2nc3ccc(CC)cc3cc2c1. The highest BCUT2D eigenvalue weighted by Gasteiger charge is 2.01. The number of pyridine rings is 1. The standard InChI is InChI=1S/C17H17N/c1-3-12-5-7-16-14(9-12)11-15-10-13(4-2)6-8-17(15)18-16/h5-11H,3-4H2,1-2H3. The highest BCUT2D eigenvalue weighted by molar-refractivity contribution is 5.93. The highest BCUT2D eigenvalue weighted by Crippen LogP contribution is 2.22. The van der Waals surface area contributed by atoms with Crippen molar-refractivity contribution in [2.45, 2.75) is 26.7 Å². The number of fused-ring (bicyclic) bond motifs is 2. The highest BCUT2D eigenvalue weighted by atomic mass is 14.7. The van der Waals surface area contributed by atoms with Crippen LogP contribution in [-0.4, -0.2) is 4.98 Å². The normalized spacial score (nSPS) is 11.2. The van der Waals surface area contributed by atoms with Crippen LogP contribution in [0.25, 0.3) is 21.8 Å². The van der Waals surface area contributed by atoms with Gasteiger partial charge < -0.3 is 0 Å². The summed E-state index contributed by atoms with van der Waals surface area (Å²) in [4.78, 5) is 4.73. The number of aryl methyl sites for hydroxylation is 2. The first kappa shape index (κ1) is 11.2. The van der Waals surface area contributed by atoms with Crippen LogP contribution >= 0.6 is 0 Å². The van der Waals surface area contributed by atoms with E-state index in [1.807, 2.05) is 0 Å². The minimum atomic E-state index is 1.07. The summed E-state index contributed by atoms with van der Waals surface area (Å²) in [6.07, 6.45) is 2.14. The molecular weight excluding hydrogens is 218 g/mol. The fourth-order valence-corrected chi connectivity index (χ4v) is 2.38. The van der Waals surface area contributed by atoms with Crippen molar-refractivity contribution >= 4 is 21.8 Å². The van der Waals surface area contributed by atoms with Gasteiger partial charge >= 0.3 is 0 Å². The van der Waals surface area contributed by atoms with E-state index in [1.54, 1.807) is 0 Å². The maximum atomic E-state index is 4.73. The van der Waals surface area contributed by atoms with E-state index in [4.69, 9.17) is 4.98 Å². The first-order chi connectivity index (χ1) is 8.80. The van der Waals surface area contributed by atoms with Crippen molar-refractivity contribution in [3.8, 4) is 0 Å². The van der Waals surface area contributed by atoms with E-state index in [9.17, 15) is 0 Å². The molecule has 3 aromatic rings. The van der Waals surface area contributed by atoms with E-state index in [2.05, 4.69) is 56.3 Å². The van der Waals surface area contributed by atoms with Crippen LogP contribution in [-0.2, 0) is 12.8 Å². The first-order valence-corrected chi connectivity index (χ1v) is 6.62. The lowest BCUT2D eigenvalue weighted by molar-refractivity contribution is 1.14. The van der Waals surface area contributed by atoms with Gasteiger partial charge in [-0.15, -0.1) is 0 Å². The molecule has 0 radical (unpaired) electrons. The van der Waals surface area contributed by atoms with Gasteiger partial charge in [0.2, 0.25) is 0 Å². The Hall–Kier alpha value is -1.89. The monoisotopic (exact) mass is 235 g/mol. The summed E-state index contributed by atoms with van der Waals surface area (Å²) in [7, 11) is 0. The molecule has 0 aliphatic rings. The van der Waals surface area contributed by atoms with Gasteiger partial charge in [-0.05, 0) is 54.3 Å². The Balaban J connectivity index is 2.29. The molecule has 90 valence electrons. The molecule has 1 heteroatoms. The van der Waals surface area contributed by atoms with Crippen LogP contribution in [0.2, 0.25) is 0 Å². The minimum Gasteiger partial charge on any atom is -0.248 e. The molecule has 18 heavy (non-hydrogen) atoms. The predicted molar refractivity (Wildman–Crippen MR) is 78.0 cm³/mol. The summed E-state index contributed by atoms with van der Waals surface area (Å²) in [5.41, 5.74) is 4.92. The van der Waals surface area contributed by atoms with Crippen molar-refractivity contribution in [1.29, 1.82) is 0 Å². The van der Waals surface area contributed by atoms with E-state index in [1.165, 1.54) is 21.9 Å². The lowest BCUT2D eigenvalue weighted by Gasteiger charge is -2.05. The van der Waals surface area contributed by atoms with E-state index in [0.717, 1.165) is 23.9 Å². The van der Waals surface area contributed by atoms with Gasteiger partial charge in [0, 0.05) is 10.8 Å². The zero-order valence-electron chi connectivity index (χ0n) is 10.9. The molecule has 2 aromatic carbocycles. The molecule has 1 heterocycles. The van der Waals surface area contributed by atoms with Gasteiger partial charge in [-0.2, -0.15) is 0 Å². The second-order valence-corrected chi connectivity index (χ2v) is 4.75. The van der Waals surface area contributed by atoms with Crippen molar-refractivity contribution < 1.29 is 0 Å². The van der Waals surface area contributed by atoms with E-state index in [0.29, 0.717) is 0 Å². The van der Waals surface area contributed by atoms with Crippen LogP contribution in [0.1, 0.15) is 25.0 Å². The topological polar surface area (TPSA) is 12.9 Å². The molecule has 1 nitrogen and oxygen atoms in total. The van der Waals surface area contributed by atoms with Crippen molar-refractivity contribution in [2.24, 2.45) is 0 Å². The number of rotatable bonds is 2. The molecule has 0 amide bonds. The first-order valence-electron chi connectivity index (χ1n) is 6.62. The number of hydrogen-bond donors (Lipinski definition) is 0. The van der Waals surface area contributed by atoms with Crippen molar-refractivity contribution in [2.75, 3.05) is 0 Å². The summed E-state index contributed by atoms with van der Waals surface area (Å²) in [5, 5.41) is 2.49. The maximum absolute atomic E-state index is 4.73. The predicted octanol–water partition coefficient (Wildman–Crippen LogP) is 4.51. The molecule has 0 saturated heterocycles. The lowest BCUT2D eigenvalue weighted by Crippen LogP contribution is -1.87. The fourth-order valence-electron chi connectivity index (χ4n) is 2.38. The van der Waals surface area contributed by atoms with Gasteiger partial charge in [-0.1, -0.05) is 26.0 Å². The average Bonchev–Trinajstić information content (AvgIpc) is 2.43. The Morgan fingerprint density at radius 1 is 0.722 bits per heavy atom. The van der Waals surface area contributed by atoms with Crippen LogP contribution in [0.3, 0.4) is 0 Å². The van der Waals surface area contributed by atoms with Crippen LogP contribution in [0.15, 0.2) is 42.5 Å². The Morgan fingerprint density at radius 2 is 1.22 bits per heavy atom. The van der Waals surface area contributed by atoms with Gasteiger partial charge in [-0.25, -0.2) is 4.98 Å². The number of hydrogen-bond acceptors (Lipinski definition) is 1. The number of nitrogens with zero attached hydrogens (tertiary/aromatic N) is 1. The Bertz CT molecular complexity index is 654. The average molecular weight is 235 g/mol. The Kier molecular flexibility index (Phi) is 2.75. The molecule has 0 atom stereocenters. The molecule has 0 unspecified atom stereocenters. The molecule has 3 rings (SSSR count). The molecule has 0 aliphatic heterocycles. The van der Waals surface area contributed by atoms with Crippen LogP contribution < -0.4 is 0 Å². The van der Waals surface area contributed by atoms with E-state index < -0.39 is 0 Å². The van der Waals surface area contributed by atoms with Crippen LogP contribution in [0.4, 0.5) is 0 Å². The smallest absolute Gasteiger partial charge is 0.0709 e. The summed E-state index contributed by atoms with van der Waals surface area (Å²) in [6, 6.07) is 15.3. The van der Waals surface area contributed by atoms with E-state index >= 15 is 0 Å². The molecule has 0 bridgehead atoms. The largest absolute Gasteiger partial charge is 0.248 e. The van der Waals surface area contributed by atoms with E-state index in [-0.39, 0.29) is 0 Å². The third-order valence-electron chi connectivity index (χ3n) is 3.55. The molecule has 0 saturated carbocycles. The second-order valence-electron chi connectivity index (χ2n) is 4.75. The number of benzene rings is 2. The van der Waals surface area contributed by atoms with Crippen molar-refractivity contribution in [1.82, 2.24) is 4.98 Å². The molecular formula is C17H17N. The van der Waals surface area contributed by atoms with Gasteiger partial charge in [0.15, 0.2) is 0 Å². The lowest BCUT2D eigenvalue weighted by atomic mass is 10.0. The Labute approximate surface area is 107 Å². The summed E-state index contributed by atoms with van der Waals surface area (Å²) in [6.45, 7) is 4.37. The molecule has 1 aromatic heterocycles. The van der Waals surface area contributed by atoms with Gasteiger partial charge in [-0.3, -0.25) is 0 Å². The summed E-state index contributed by atoms with van der Waals surface area (Å²) < 4.78 is 0. The summed E-state index contributed by atoms with van der Waals surface area (Å²) in [5.74, 6) is 0. The third kappa shape index (κ3) is 1.86. The number of aromatic nitrogens is 1. The second kappa shape index (κ2) is 4.41. The Morgan fingerprint density at radius 3 is 1.67 bits per heavy atom. The fraction of sp³-hybridized carbons (Fsp3) is 0.235. The maximum Gasteiger partial charge on any atom is 0.0709 e. The van der Waals surface area contributed by atoms with Crippen LogP contribution in [0.5, 0.6) is 0 Å². The molecule has 0 aliphatic carbocycles. The molecule has 0 fully saturated rings. The van der Waals surface area contributed by atoms with Gasteiger partial charge in [0.1, 0.15) is 0 Å². The zero-order chi connectivity index (χ0) is 12.5.